The molecule has 0 rings (SSSR count). The van der Waals surface area contributed by atoms with Gasteiger partial charge in [-0.1, -0.05) is 13.8 Å². The van der Waals surface area contributed by atoms with Gasteiger partial charge in [0.05, 0.1) is 6.61 Å². The second-order valence-corrected chi connectivity index (χ2v) is 7.00. The fourth-order valence-corrected chi connectivity index (χ4v) is 4.42. The number of hydrogen-bond acceptors (Lipinski definition) is 5. The molecule has 106 valence electrons. The molecule has 0 radical (unpaired) electrons. The van der Waals surface area contributed by atoms with Gasteiger partial charge in [0.2, 0.25) is 0 Å². The summed E-state index contributed by atoms with van der Waals surface area (Å²) in [6.07, 6.45) is 2.63. The molecule has 0 N–H and O–H groups in total. The van der Waals surface area contributed by atoms with Gasteiger partial charge in [-0.05, 0) is 26.2 Å². The molecule has 0 aliphatic rings. The number of hydrogen-bond donors (Lipinski definition) is 0. The Hall–Kier alpha value is -0.613. The van der Waals surface area contributed by atoms with Crippen molar-refractivity contribution in [3.8, 4) is 6.26 Å². The van der Waals surface area contributed by atoms with Crippen molar-refractivity contribution in [1.82, 2.24) is 0 Å². The molecule has 0 aromatic rings. The maximum Gasteiger partial charge on any atom is 0.501 e. The summed E-state index contributed by atoms with van der Waals surface area (Å²) in [7, 11) is -2.60. The molecular weight excluding hydrogens is 250 g/mol. The first-order valence-electron chi connectivity index (χ1n) is 6.53. The maximum absolute atomic E-state index is 8.30. The van der Waals surface area contributed by atoms with Gasteiger partial charge in [-0.3, -0.25) is 0 Å². The van der Waals surface area contributed by atoms with Crippen LogP contribution in [0.3, 0.4) is 0 Å². The molecule has 0 aliphatic heterocycles. The average Bonchev–Trinajstić information content (AvgIpc) is 2.33. The topological polar surface area (TPSA) is 60.7 Å². The summed E-state index contributed by atoms with van der Waals surface area (Å²) < 4.78 is 21.9. The zero-order chi connectivity index (χ0) is 13.9. The highest BCUT2D eigenvalue weighted by Crippen LogP contribution is 2.21. The number of ether oxygens (including phenoxy) is 1. The van der Waals surface area contributed by atoms with E-state index in [0.717, 1.165) is 12.5 Å². The molecule has 0 saturated carbocycles. The van der Waals surface area contributed by atoms with Gasteiger partial charge in [-0.15, -0.1) is 0 Å². The van der Waals surface area contributed by atoms with Crippen LogP contribution in [-0.4, -0.2) is 35.2 Å². The molecule has 0 spiro atoms. The van der Waals surface area contributed by atoms with Gasteiger partial charge in [-0.2, -0.15) is 5.26 Å². The van der Waals surface area contributed by atoms with Crippen molar-refractivity contribution in [3.63, 3.8) is 0 Å². The fraction of sp³-hybridized carbons (Fsp3) is 0.917. The molecule has 0 amide bonds. The molecule has 18 heavy (non-hydrogen) atoms. The van der Waals surface area contributed by atoms with Crippen molar-refractivity contribution in [1.29, 1.82) is 5.26 Å². The molecule has 0 heterocycles. The first-order chi connectivity index (χ1) is 8.60. The van der Waals surface area contributed by atoms with Crippen molar-refractivity contribution in [2.45, 2.75) is 40.2 Å². The van der Waals surface area contributed by atoms with Crippen LogP contribution in [0.15, 0.2) is 0 Å². The second-order valence-electron chi connectivity index (χ2n) is 4.27. The third-order valence-corrected chi connectivity index (χ3v) is 5.33. The predicted octanol–water partition coefficient (Wildman–Crippen LogP) is 2.56. The van der Waals surface area contributed by atoms with Crippen molar-refractivity contribution >= 4 is 8.80 Å². The monoisotopic (exact) mass is 275 g/mol. The molecule has 0 saturated heterocycles. The molecule has 0 bridgehead atoms. The number of rotatable bonds is 11. The zero-order valence-corrected chi connectivity index (χ0v) is 12.9. The van der Waals surface area contributed by atoms with Crippen molar-refractivity contribution < 1.29 is 18.0 Å². The van der Waals surface area contributed by atoms with E-state index < -0.39 is 8.80 Å². The smallest absolute Gasteiger partial charge is 0.425 e. The lowest BCUT2D eigenvalue weighted by Gasteiger charge is -2.29. The normalized spacial score (nSPS) is 11.6. The molecule has 0 fully saturated rings. The van der Waals surface area contributed by atoms with Crippen LogP contribution in [0.2, 0.25) is 6.04 Å². The van der Waals surface area contributed by atoms with E-state index in [-0.39, 0.29) is 6.61 Å². The van der Waals surface area contributed by atoms with E-state index in [2.05, 4.69) is 18.6 Å². The highest BCUT2D eigenvalue weighted by atomic mass is 28.4. The number of nitriles is 1. The summed E-state index contributed by atoms with van der Waals surface area (Å²) in [6, 6.07) is 0.804. The summed E-state index contributed by atoms with van der Waals surface area (Å²) in [5.74, 6) is 0.580. The largest absolute Gasteiger partial charge is 0.501 e. The molecule has 0 unspecified atom stereocenters. The first-order valence-corrected chi connectivity index (χ1v) is 8.46. The zero-order valence-electron chi connectivity index (χ0n) is 11.9. The van der Waals surface area contributed by atoms with Crippen LogP contribution in [0.25, 0.3) is 0 Å². The van der Waals surface area contributed by atoms with E-state index >= 15 is 0 Å². The lowest BCUT2D eigenvalue weighted by molar-refractivity contribution is 0.0515. The van der Waals surface area contributed by atoms with E-state index in [1.165, 1.54) is 0 Å². The van der Waals surface area contributed by atoms with Crippen molar-refractivity contribution in [3.05, 3.63) is 0 Å². The summed E-state index contributed by atoms with van der Waals surface area (Å²) in [5, 5.41) is 8.30. The SMILES string of the molecule is CCO[Si](CCC(C)C)(OCC)OCCOC#N. The Bertz CT molecular complexity index is 237. The molecule has 5 nitrogen and oxygen atoms in total. The van der Waals surface area contributed by atoms with Gasteiger partial charge < -0.3 is 18.0 Å². The highest BCUT2D eigenvalue weighted by Gasteiger charge is 2.40. The van der Waals surface area contributed by atoms with E-state index in [1.807, 2.05) is 13.8 Å². The Morgan fingerprint density at radius 3 is 2.11 bits per heavy atom. The van der Waals surface area contributed by atoms with Crippen LogP contribution < -0.4 is 0 Å². The Labute approximate surface area is 111 Å². The van der Waals surface area contributed by atoms with Crippen molar-refractivity contribution in [2.75, 3.05) is 26.4 Å². The third-order valence-electron chi connectivity index (χ3n) is 2.33. The lowest BCUT2D eigenvalue weighted by atomic mass is 10.2. The Morgan fingerprint density at radius 1 is 1.06 bits per heavy atom. The maximum atomic E-state index is 8.30. The van der Waals surface area contributed by atoms with Gasteiger partial charge >= 0.3 is 8.80 Å². The van der Waals surface area contributed by atoms with Crippen LogP contribution in [0.4, 0.5) is 0 Å². The Balaban J connectivity index is 4.37. The van der Waals surface area contributed by atoms with Gasteiger partial charge in [0.25, 0.3) is 6.26 Å². The quantitative estimate of drug-likeness (QED) is 0.329. The molecular formula is C12H25NO4Si. The third kappa shape index (κ3) is 7.66. The minimum Gasteiger partial charge on any atom is -0.425 e. The number of nitrogens with zero attached hydrogens (tertiary/aromatic N) is 1. The minimum atomic E-state index is -2.60. The van der Waals surface area contributed by atoms with Crippen LogP contribution in [0.1, 0.15) is 34.1 Å². The van der Waals surface area contributed by atoms with Crippen LogP contribution in [0, 0.1) is 17.4 Å². The van der Waals surface area contributed by atoms with Gasteiger partial charge in [0, 0.05) is 19.3 Å². The van der Waals surface area contributed by atoms with Crippen molar-refractivity contribution in [2.24, 2.45) is 5.92 Å². The average molecular weight is 275 g/mol. The summed E-state index contributed by atoms with van der Waals surface area (Å²) in [5.41, 5.74) is 0. The molecule has 0 atom stereocenters. The van der Waals surface area contributed by atoms with Crippen LogP contribution in [0.5, 0.6) is 0 Å². The van der Waals surface area contributed by atoms with E-state index in [9.17, 15) is 0 Å². The second kappa shape index (κ2) is 10.3. The molecule has 0 aromatic carbocycles. The summed E-state index contributed by atoms with van der Waals surface area (Å²) in [6.45, 7) is 9.92. The molecule has 6 heteroatoms. The summed E-state index contributed by atoms with van der Waals surface area (Å²) >= 11 is 0. The minimum absolute atomic E-state index is 0.243. The fourth-order valence-electron chi connectivity index (χ4n) is 1.53. The van der Waals surface area contributed by atoms with Crippen LogP contribution >= 0.6 is 0 Å². The molecule has 0 aliphatic carbocycles. The first kappa shape index (κ1) is 17.4. The Kier molecular flexibility index (Phi) is 9.97. The van der Waals surface area contributed by atoms with E-state index in [0.29, 0.717) is 25.7 Å². The summed E-state index contributed by atoms with van der Waals surface area (Å²) in [4.78, 5) is 0. The standard InChI is InChI=1S/C12H25NO4Si/c1-5-15-18(16-6-2,10-7-12(3)4)17-9-8-14-11-13/h12H,5-10H2,1-4H3. The van der Waals surface area contributed by atoms with Gasteiger partial charge in [0.1, 0.15) is 6.61 Å². The van der Waals surface area contributed by atoms with Gasteiger partial charge in [0.15, 0.2) is 0 Å². The lowest BCUT2D eigenvalue weighted by Crippen LogP contribution is -2.46. The Morgan fingerprint density at radius 2 is 1.67 bits per heavy atom. The van der Waals surface area contributed by atoms with Crippen LogP contribution in [-0.2, 0) is 18.0 Å². The predicted molar refractivity (Wildman–Crippen MR) is 70.8 cm³/mol. The molecule has 0 aromatic heterocycles. The highest BCUT2D eigenvalue weighted by molar-refractivity contribution is 6.60. The van der Waals surface area contributed by atoms with E-state index in [4.69, 9.17) is 18.5 Å². The van der Waals surface area contributed by atoms with E-state index in [1.54, 1.807) is 6.26 Å². The van der Waals surface area contributed by atoms with Gasteiger partial charge in [-0.25, -0.2) is 0 Å².